The van der Waals surface area contributed by atoms with Crippen molar-refractivity contribution in [2.24, 2.45) is 0 Å². The van der Waals surface area contributed by atoms with E-state index in [2.05, 4.69) is 71.5 Å². The quantitative estimate of drug-likeness (QED) is 0.792. The Morgan fingerprint density at radius 3 is 2.65 bits per heavy atom. The van der Waals surface area contributed by atoms with Crippen molar-refractivity contribution in [3.05, 3.63) is 63.1 Å². The number of fused-ring (bicyclic) bond motifs is 1. The van der Waals surface area contributed by atoms with Crippen LogP contribution in [0.15, 0.2) is 40.9 Å². The number of nitrogens with one attached hydrogen (secondary N) is 1. The van der Waals surface area contributed by atoms with E-state index in [-0.39, 0.29) is 0 Å². The second-order valence-corrected chi connectivity index (χ2v) is 6.57. The minimum absolute atomic E-state index is 0.329. The number of benzene rings is 2. The molecule has 1 nitrogen and oxygen atoms in total. The second kappa shape index (κ2) is 5.61. The third-order valence-electron chi connectivity index (χ3n) is 4.18. The molecular formula is C18H20BrN. The highest BCUT2D eigenvalue weighted by Gasteiger charge is 2.13. The highest BCUT2D eigenvalue weighted by atomic mass is 79.9. The Kier molecular flexibility index (Phi) is 3.84. The fraction of sp³-hybridized carbons (Fsp3) is 0.333. The SMILES string of the molecule is Cc1ccc(NC(C)c2ccc3c(c2)CCC3)cc1Br. The summed E-state index contributed by atoms with van der Waals surface area (Å²) in [7, 11) is 0. The minimum atomic E-state index is 0.329. The summed E-state index contributed by atoms with van der Waals surface area (Å²) in [6.45, 7) is 4.34. The summed E-state index contributed by atoms with van der Waals surface area (Å²) in [4.78, 5) is 0. The molecule has 0 heterocycles. The Morgan fingerprint density at radius 1 is 1.05 bits per heavy atom. The molecule has 0 bridgehead atoms. The van der Waals surface area contributed by atoms with Crippen molar-refractivity contribution in [1.29, 1.82) is 0 Å². The highest BCUT2D eigenvalue weighted by Crippen LogP contribution is 2.28. The van der Waals surface area contributed by atoms with Gasteiger partial charge in [-0.05, 0) is 67.5 Å². The summed E-state index contributed by atoms with van der Waals surface area (Å²) in [6.07, 6.45) is 3.81. The van der Waals surface area contributed by atoms with Gasteiger partial charge in [-0.1, -0.05) is 40.2 Å². The van der Waals surface area contributed by atoms with Gasteiger partial charge in [0.2, 0.25) is 0 Å². The molecule has 0 amide bonds. The predicted molar refractivity (Wildman–Crippen MR) is 89.4 cm³/mol. The predicted octanol–water partition coefficient (Wildman–Crippen LogP) is 5.42. The van der Waals surface area contributed by atoms with Crippen molar-refractivity contribution in [3.8, 4) is 0 Å². The number of rotatable bonds is 3. The Labute approximate surface area is 129 Å². The first-order valence-corrected chi connectivity index (χ1v) is 8.07. The van der Waals surface area contributed by atoms with Crippen LogP contribution in [0.1, 0.15) is 41.6 Å². The minimum Gasteiger partial charge on any atom is -0.378 e. The molecule has 0 aromatic heterocycles. The van der Waals surface area contributed by atoms with Crippen molar-refractivity contribution in [2.75, 3.05) is 5.32 Å². The summed E-state index contributed by atoms with van der Waals surface area (Å²) in [5, 5.41) is 3.59. The Morgan fingerprint density at radius 2 is 1.85 bits per heavy atom. The maximum Gasteiger partial charge on any atom is 0.0485 e. The number of halogens is 1. The fourth-order valence-corrected chi connectivity index (χ4v) is 3.26. The van der Waals surface area contributed by atoms with Gasteiger partial charge >= 0.3 is 0 Å². The van der Waals surface area contributed by atoms with Crippen LogP contribution in [0, 0.1) is 6.92 Å². The summed E-state index contributed by atoms with van der Waals surface area (Å²) in [6, 6.07) is 13.7. The van der Waals surface area contributed by atoms with E-state index < -0.39 is 0 Å². The van der Waals surface area contributed by atoms with Crippen LogP contribution in [-0.2, 0) is 12.8 Å². The van der Waals surface area contributed by atoms with Crippen LogP contribution in [0.3, 0.4) is 0 Å². The number of hydrogen-bond acceptors (Lipinski definition) is 1. The maximum absolute atomic E-state index is 3.59. The van der Waals surface area contributed by atoms with Crippen LogP contribution < -0.4 is 5.32 Å². The maximum atomic E-state index is 3.59. The molecule has 0 fully saturated rings. The summed E-state index contributed by atoms with van der Waals surface area (Å²) >= 11 is 3.59. The Hall–Kier alpha value is -1.28. The fourth-order valence-electron chi connectivity index (χ4n) is 2.88. The summed E-state index contributed by atoms with van der Waals surface area (Å²) in [5.74, 6) is 0. The molecule has 1 atom stereocenters. The molecule has 1 aliphatic carbocycles. The molecule has 0 saturated heterocycles. The van der Waals surface area contributed by atoms with Gasteiger partial charge in [0.25, 0.3) is 0 Å². The molecule has 0 spiro atoms. The van der Waals surface area contributed by atoms with Gasteiger partial charge in [-0.3, -0.25) is 0 Å². The van der Waals surface area contributed by atoms with Crippen LogP contribution in [0.4, 0.5) is 5.69 Å². The number of aryl methyl sites for hydroxylation is 3. The first-order chi connectivity index (χ1) is 9.63. The van der Waals surface area contributed by atoms with Crippen molar-refractivity contribution >= 4 is 21.6 Å². The zero-order valence-electron chi connectivity index (χ0n) is 12.0. The van der Waals surface area contributed by atoms with E-state index in [9.17, 15) is 0 Å². The normalized spacial score (nSPS) is 14.9. The van der Waals surface area contributed by atoms with Crippen molar-refractivity contribution in [2.45, 2.75) is 39.2 Å². The molecule has 0 aliphatic heterocycles. The standard InChI is InChI=1S/C18H20BrN/c1-12-6-9-17(11-18(12)19)20-13(2)15-8-7-14-4-3-5-16(14)10-15/h6-11,13,20H,3-5H2,1-2H3. The molecule has 0 radical (unpaired) electrons. The van der Waals surface area contributed by atoms with Crippen molar-refractivity contribution in [1.82, 2.24) is 0 Å². The summed E-state index contributed by atoms with van der Waals surface area (Å²) in [5.41, 5.74) is 6.89. The van der Waals surface area contributed by atoms with E-state index in [4.69, 9.17) is 0 Å². The Bertz CT molecular complexity index is 633. The molecule has 0 saturated carbocycles. The smallest absolute Gasteiger partial charge is 0.0485 e. The van der Waals surface area contributed by atoms with Gasteiger partial charge in [0.1, 0.15) is 0 Å². The molecule has 2 aromatic carbocycles. The van der Waals surface area contributed by atoms with Gasteiger partial charge in [-0.25, -0.2) is 0 Å². The van der Waals surface area contributed by atoms with Gasteiger partial charge < -0.3 is 5.32 Å². The lowest BCUT2D eigenvalue weighted by atomic mass is 10.0. The lowest BCUT2D eigenvalue weighted by Gasteiger charge is -2.17. The van der Waals surface area contributed by atoms with Gasteiger partial charge in [0.15, 0.2) is 0 Å². The third kappa shape index (κ3) is 2.76. The van der Waals surface area contributed by atoms with Crippen molar-refractivity contribution in [3.63, 3.8) is 0 Å². The van der Waals surface area contributed by atoms with Gasteiger partial charge in [-0.15, -0.1) is 0 Å². The highest BCUT2D eigenvalue weighted by molar-refractivity contribution is 9.10. The molecule has 104 valence electrons. The van der Waals surface area contributed by atoms with Crippen LogP contribution in [-0.4, -0.2) is 0 Å². The van der Waals surface area contributed by atoms with Crippen LogP contribution >= 0.6 is 15.9 Å². The zero-order valence-corrected chi connectivity index (χ0v) is 13.6. The first-order valence-electron chi connectivity index (χ1n) is 7.28. The zero-order chi connectivity index (χ0) is 14.1. The van der Waals surface area contributed by atoms with E-state index in [0.29, 0.717) is 6.04 Å². The molecule has 2 aromatic rings. The average Bonchev–Trinajstić information content (AvgIpc) is 2.90. The van der Waals surface area contributed by atoms with Crippen LogP contribution in [0.5, 0.6) is 0 Å². The van der Waals surface area contributed by atoms with Crippen molar-refractivity contribution < 1.29 is 0 Å². The Balaban J connectivity index is 1.78. The van der Waals surface area contributed by atoms with Crippen LogP contribution in [0.25, 0.3) is 0 Å². The first kappa shape index (κ1) is 13.7. The third-order valence-corrected chi connectivity index (χ3v) is 5.03. The van der Waals surface area contributed by atoms with Gasteiger partial charge in [-0.2, -0.15) is 0 Å². The van der Waals surface area contributed by atoms with E-state index in [1.54, 1.807) is 11.1 Å². The lowest BCUT2D eigenvalue weighted by molar-refractivity contribution is 0.879. The molecule has 1 aliphatic rings. The monoisotopic (exact) mass is 329 g/mol. The number of hydrogen-bond donors (Lipinski definition) is 1. The summed E-state index contributed by atoms with van der Waals surface area (Å²) < 4.78 is 1.16. The second-order valence-electron chi connectivity index (χ2n) is 5.71. The van der Waals surface area contributed by atoms with E-state index in [1.165, 1.54) is 30.4 Å². The molecule has 20 heavy (non-hydrogen) atoms. The van der Waals surface area contributed by atoms with Gasteiger partial charge in [0.05, 0.1) is 0 Å². The molecule has 3 rings (SSSR count). The molecule has 1 unspecified atom stereocenters. The molecule has 1 N–H and O–H groups in total. The van der Waals surface area contributed by atoms with E-state index in [1.807, 2.05) is 0 Å². The topological polar surface area (TPSA) is 12.0 Å². The molecule has 2 heteroatoms. The van der Waals surface area contributed by atoms with Gasteiger partial charge in [0, 0.05) is 16.2 Å². The van der Waals surface area contributed by atoms with E-state index in [0.717, 1.165) is 10.2 Å². The lowest BCUT2D eigenvalue weighted by Crippen LogP contribution is -2.07. The largest absolute Gasteiger partial charge is 0.378 e. The molecular weight excluding hydrogens is 310 g/mol. The van der Waals surface area contributed by atoms with Crippen LogP contribution in [0.2, 0.25) is 0 Å². The number of anilines is 1. The van der Waals surface area contributed by atoms with E-state index >= 15 is 0 Å². The average molecular weight is 330 g/mol.